The second-order valence-corrected chi connectivity index (χ2v) is 5.65. The van der Waals surface area contributed by atoms with E-state index in [2.05, 4.69) is 18.7 Å². The van der Waals surface area contributed by atoms with Gasteiger partial charge in [-0.25, -0.2) is 0 Å². The van der Waals surface area contributed by atoms with Gasteiger partial charge in [-0.15, -0.1) is 0 Å². The van der Waals surface area contributed by atoms with Gasteiger partial charge in [0.1, 0.15) is 0 Å². The largest absolute Gasteiger partial charge is 0.466 e. The number of unbranched alkanes of at least 4 members (excludes halogenated alkanes) is 2. The number of esters is 1. The summed E-state index contributed by atoms with van der Waals surface area (Å²) in [5.41, 5.74) is 0. The van der Waals surface area contributed by atoms with Crippen LogP contribution in [0, 0.1) is 5.92 Å². The van der Waals surface area contributed by atoms with Crippen LogP contribution in [0.25, 0.3) is 0 Å². The lowest BCUT2D eigenvalue weighted by atomic mass is 10.1. The predicted octanol–water partition coefficient (Wildman–Crippen LogP) is 3.23. The SMILES string of the molecule is CCOC(=O)CCCCCN(CC1CC1)C(C)C. The van der Waals surface area contributed by atoms with Gasteiger partial charge >= 0.3 is 5.97 Å². The lowest BCUT2D eigenvalue weighted by Gasteiger charge is -2.26. The van der Waals surface area contributed by atoms with Gasteiger partial charge in [0.25, 0.3) is 0 Å². The molecule has 1 rings (SSSR count). The molecule has 0 aromatic heterocycles. The normalized spacial score (nSPS) is 15.4. The molecule has 106 valence electrons. The summed E-state index contributed by atoms with van der Waals surface area (Å²) >= 11 is 0. The Hall–Kier alpha value is -0.570. The topological polar surface area (TPSA) is 29.5 Å². The van der Waals surface area contributed by atoms with Crippen molar-refractivity contribution >= 4 is 5.97 Å². The molecule has 0 aromatic rings. The van der Waals surface area contributed by atoms with Gasteiger partial charge in [0.05, 0.1) is 6.61 Å². The minimum Gasteiger partial charge on any atom is -0.466 e. The molecule has 0 amide bonds. The van der Waals surface area contributed by atoms with Crippen LogP contribution in [0.15, 0.2) is 0 Å². The number of nitrogens with zero attached hydrogens (tertiary/aromatic N) is 1. The standard InChI is InChI=1S/C15H29NO2/c1-4-18-15(17)8-6-5-7-11-16(13(2)3)12-14-9-10-14/h13-14H,4-12H2,1-3H3. The van der Waals surface area contributed by atoms with Gasteiger partial charge in [-0.2, -0.15) is 0 Å². The van der Waals surface area contributed by atoms with Crippen LogP contribution in [0.4, 0.5) is 0 Å². The van der Waals surface area contributed by atoms with Crippen LogP contribution in [0.2, 0.25) is 0 Å². The molecule has 0 heterocycles. The fraction of sp³-hybridized carbons (Fsp3) is 0.933. The third-order valence-electron chi connectivity index (χ3n) is 3.55. The van der Waals surface area contributed by atoms with E-state index in [1.807, 2.05) is 6.92 Å². The zero-order valence-electron chi connectivity index (χ0n) is 12.3. The van der Waals surface area contributed by atoms with E-state index in [-0.39, 0.29) is 5.97 Å². The maximum Gasteiger partial charge on any atom is 0.305 e. The lowest BCUT2D eigenvalue weighted by molar-refractivity contribution is -0.143. The Morgan fingerprint density at radius 1 is 1.28 bits per heavy atom. The summed E-state index contributed by atoms with van der Waals surface area (Å²) in [5, 5.41) is 0. The maximum atomic E-state index is 11.2. The second-order valence-electron chi connectivity index (χ2n) is 5.65. The summed E-state index contributed by atoms with van der Waals surface area (Å²) in [6.45, 7) is 9.37. The van der Waals surface area contributed by atoms with Crippen LogP contribution in [0.5, 0.6) is 0 Å². The molecule has 0 bridgehead atoms. The Balaban J connectivity index is 2.01. The van der Waals surface area contributed by atoms with Gasteiger partial charge in [-0.05, 0) is 58.9 Å². The minimum atomic E-state index is -0.0452. The molecule has 0 unspecified atom stereocenters. The molecular formula is C15H29NO2. The second kappa shape index (κ2) is 8.52. The van der Waals surface area contributed by atoms with Crippen molar-refractivity contribution in [2.75, 3.05) is 19.7 Å². The zero-order valence-corrected chi connectivity index (χ0v) is 12.3. The van der Waals surface area contributed by atoms with Crippen LogP contribution < -0.4 is 0 Å². The summed E-state index contributed by atoms with van der Waals surface area (Å²) in [6.07, 6.45) is 6.72. The van der Waals surface area contributed by atoms with E-state index < -0.39 is 0 Å². The van der Waals surface area contributed by atoms with E-state index in [9.17, 15) is 4.79 Å². The van der Waals surface area contributed by atoms with Gasteiger partial charge in [0, 0.05) is 19.0 Å². The number of carbonyl (C=O) groups excluding carboxylic acids is 1. The number of hydrogen-bond acceptors (Lipinski definition) is 3. The van der Waals surface area contributed by atoms with Gasteiger partial charge in [-0.3, -0.25) is 4.79 Å². The van der Waals surface area contributed by atoms with E-state index in [4.69, 9.17) is 4.74 Å². The average molecular weight is 255 g/mol. The fourth-order valence-corrected chi connectivity index (χ4v) is 2.19. The molecule has 0 saturated heterocycles. The molecule has 1 saturated carbocycles. The van der Waals surface area contributed by atoms with E-state index >= 15 is 0 Å². The first kappa shape index (κ1) is 15.5. The highest BCUT2D eigenvalue weighted by Gasteiger charge is 2.24. The van der Waals surface area contributed by atoms with Gasteiger partial charge < -0.3 is 9.64 Å². The van der Waals surface area contributed by atoms with Crippen molar-refractivity contribution < 1.29 is 9.53 Å². The molecular weight excluding hydrogens is 226 g/mol. The van der Waals surface area contributed by atoms with Crippen molar-refractivity contribution in [1.29, 1.82) is 0 Å². The van der Waals surface area contributed by atoms with E-state index in [1.165, 1.54) is 32.4 Å². The predicted molar refractivity (Wildman–Crippen MR) is 74.5 cm³/mol. The van der Waals surface area contributed by atoms with Crippen molar-refractivity contribution in [1.82, 2.24) is 4.90 Å². The summed E-state index contributed by atoms with van der Waals surface area (Å²) in [7, 11) is 0. The van der Waals surface area contributed by atoms with E-state index in [1.54, 1.807) is 0 Å². The molecule has 0 radical (unpaired) electrons. The van der Waals surface area contributed by atoms with Crippen LogP contribution in [0.3, 0.4) is 0 Å². The molecule has 3 nitrogen and oxygen atoms in total. The quantitative estimate of drug-likeness (QED) is 0.443. The number of rotatable bonds is 10. The van der Waals surface area contributed by atoms with Crippen molar-refractivity contribution in [3.05, 3.63) is 0 Å². The lowest BCUT2D eigenvalue weighted by Crippen LogP contribution is -2.33. The zero-order chi connectivity index (χ0) is 13.4. The molecule has 0 atom stereocenters. The van der Waals surface area contributed by atoms with Gasteiger partial charge in [0.15, 0.2) is 0 Å². The molecule has 3 heteroatoms. The first-order valence-corrected chi connectivity index (χ1v) is 7.53. The molecule has 0 aromatic carbocycles. The van der Waals surface area contributed by atoms with Gasteiger partial charge in [0.2, 0.25) is 0 Å². The van der Waals surface area contributed by atoms with Crippen LogP contribution in [0.1, 0.15) is 59.3 Å². The minimum absolute atomic E-state index is 0.0452. The van der Waals surface area contributed by atoms with Crippen molar-refractivity contribution in [3.63, 3.8) is 0 Å². The molecule has 0 aliphatic heterocycles. The Bertz CT molecular complexity index is 237. The van der Waals surface area contributed by atoms with Crippen LogP contribution in [-0.4, -0.2) is 36.6 Å². The molecule has 1 fully saturated rings. The Morgan fingerprint density at radius 3 is 2.56 bits per heavy atom. The molecule has 1 aliphatic rings. The first-order valence-electron chi connectivity index (χ1n) is 7.53. The third-order valence-corrected chi connectivity index (χ3v) is 3.55. The molecule has 0 N–H and O–H groups in total. The number of carbonyl (C=O) groups is 1. The van der Waals surface area contributed by atoms with Crippen molar-refractivity contribution in [3.8, 4) is 0 Å². The van der Waals surface area contributed by atoms with Crippen LogP contribution in [-0.2, 0) is 9.53 Å². The molecule has 1 aliphatic carbocycles. The monoisotopic (exact) mass is 255 g/mol. The van der Waals surface area contributed by atoms with E-state index in [0.29, 0.717) is 19.1 Å². The Kier molecular flexibility index (Phi) is 7.33. The average Bonchev–Trinajstić information content (AvgIpc) is 3.11. The maximum absolute atomic E-state index is 11.2. The number of hydrogen-bond donors (Lipinski definition) is 0. The van der Waals surface area contributed by atoms with E-state index in [0.717, 1.165) is 18.8 Å². The summed E-state index contributed by atoms with van der Waals surface area (Å²) in [5.74, 6) is 0.920. The van der Waals surface area contributed by atoms with Gasteiger partial charge in [-0.1, -0.05) is 6.42 Å². The van der Waals surface area contributed by atoms with Crippen molar-refractivity contribution in [2.45, 2.75) is 65.3 Å². The summed E-state index contributed by atoms with van der Waals surface area (Å²) < 4.78 is 4.92. The van der Waals surface area contributed by atoms with Crippen LogP contribution >= 0.6 is 0 Å². The Morgan fingerprint density at radius 2 is 2.00 bits per heavy atom. The smallest absolute Gasteiger partial charge is 0.305 e. The summed E-state index contributed by atoms with van der Waals surface area (Å²) in [6, 6.07) is 0.649. The molecule has 18 heavy (non-hydrogen) atoms. The third kappa shape index (κ3) is 7.00. The number of ether oxygens (including phenoxy) is 1. The first-order chi connectivity index (χ1) is 8.63. The van der Waals surface area contributed by atoms with Crippen molar-refractivity contribution in [2.24, 2.45) is 5.92 Å². The highest BCUT2D eigenvalue weighted by molar-refractivity contribution is 5.69. The highest BCUT2D eigenvalue weighted by atomic mass is 16.5. The Labute approximate surface area is 112 Å². The molecule has 0 spiro atoms. The fourth-order valence-electron chi connectivity index (χ4n) is 2.19. The highest BCUT2D eigenvalue weighted by Crippen LogP contribution is 2.30. The summed E-state index contributed by atoms with van der Waals surface area (Å²) in [4.78, 5) is 13.8.